The molecule has 0 fully saturated rings. The second-order valence-corrected chi connectivity index (χ2v) is 7.28. The highest BCUT2D eigenvalue weighted by Crippen LogP contribution is 2.28. The zero-order valence-electron chi connectivity index (χ0n) is 13.4. The van der Waals surface area contributed by atoms with Gasteiger partial charge >= 0.3 is 0 Å². The molecule has 26 heavy (non-hydrogen) atoms. The van der Waals surface area contributed by atoms with Crippen LogP contribution in [0.25, 0.3) is 22.6 Å². The van der Waals surface area contributed by atoms with E-state index in [1.807, 2.05) is 0 Å². The highest BCUT2D eigenvalue weighted by Gasteiger charge is 2.16. The molecule has 0 atom stereocenters. The number of oxazole rings is 1. The number of rotatable bonds is 4. The largest absolute Gasteiger partial charge is 0.436 e. The molecule has 5 nitrogen and oxygen atoms in total. The van der Waals surface area contributed by atoms with E-state index in [1.165, 1.54) is 18.2 Å². The summed E-state index contributed by atoms with van der Waals surface area (Å²) in [6.45, 7) is 0. The van der Waals surface area contributed by atoms with Gasteiger partial charge in [-0.15, -0.1) is 0 Å². The molecule has 0 radical (unpaired) electrons. The van der Waals surface area contributed by atoms with E-state index in [9.17, 15) is 12.8 Å². The Kier molecular flexibility index (Phi) is 3.93. The third kappa shape index (κ3) is 3.04. The Bertz CT molecular complexity index is 1190. The van der Waals surface area contributed by atoms with Crippen molar-refractivity contribution in [3.8, 4) is 11.5 Å². The van der Waals surface area contributed by atoms with Crippen molar-refractivity contribution in [1.82, 2.24) is 4.98 Å². The molecule has 3 aromatic carbocycles. The number of benzene rings is 3. The number of hydrogen-bond acceptors (Lipinski definition) is 4. The van der Waals surface area contributed by atoms with Crippen molar-refractivity contribution >= 4 is 26.8 Å². The van der Waals surface area contributed by atoms with Crippen LogP contribution in [0, 0.1) is 5.82 Å². The van der Waals surface area contributed by atoms with Crippen molar-refractivity contribution < 1.29 is 17.2 Å². The minimum Gasteiger partial charge on any atom is -0.436 e. The van der Waals surface area contributed by atoms with Gasteiger partial charge in [-0.2, -0.15) is 0 Å². The van der Waals surface area contributed by atoms with E-state index in [2.05, 4.69) is 9.71 Å². The van der Waals surface area contributed by atoms with Crippen molar-refractivity contribution in [2.24, 2.45) is 0 Å². The lowest BCUT2D eigenvalue weighted by atomic mass is 10.2. The Balaban J connectivity index is 1.69. The van der Waals surface area contributed by atoms with Crippen molar-refractivity contribution in [2.45, 2.75) is 4.90 Å². The molecule has 0 bridgehead atoms. The van der Waals surface area contributed by atoms with Crippen LogP contribution in [0.4, 0.5) is 10.1 Å². The molecule has 0 unspecified atom stereocenters. The van der Waals surface area contributed by atoms with E-state index in [1.54, 1.807) is 54.6 Å². The molecular formula is C19H13FN2O3S. The van der Waals surface area contributed by atoms with E-state index >= 15 is 0 Å². The number of nitrogens with zero attached hydrogens (tertiary/aromatic N) is 1. The lowest BCUT2D eigenvalue weighted by molar-refractivity contribution is 0.593. The van der Waals surface area contributed by atoms with Gasteiger partial charge in [0.2, 0.25) is 5.89 Å². The van der Waals surface area contributed by atoms with Crippen LogP contribution in [0.2, 0.25) is 0 Å². The number of halogens is 1. The molecule has 0 aliphatic rings. The maximum atomic E-state index is 13.9. The van der Waals surface area contributed by atoms with Gasteiger partial charge in [0.1, 0.15) is 11.3 Å². The minimum atomic E-state index is -3.70. The first kappa shape index (κ1) is 16.3. The number of nitrogens with one attached hydrogen (secondary N) is 1. The average Bonchev–Trinajstić information content (AvgIpc) is 3.05. The summed E-state index contributed by atoms with van der Waals surface area (Å²) in [5.41, 5.74) is 1.45. The van der Waals surface area contributed by atoms with Crippen LogP contribution in [-0.2, 0) is 10.0 Å². The fourth-order valence-corrected chi connectivity index (χ4v) is 3.63. The van der Waals surface area contributed by atoms with Gasteiger partial charge in [-0.25, -0.2) is 17.8 Å². The second kappa shape index (κ2) is 6.27. The van der Waals surface area contributed by atoms with Crippen molar-refractivity contribution in [3.63, 3.8) is 0 Å². The van der Waals surface area contributed by atoms with Gasteiger partial charge in [0.25, 0.3) is 10.0 Å². The number of anilines is 1. The first-order chi connectivity index (χ1) is 12.5. The highest BCUT2D eigenvalue weighted by atomic mass is 32.2. The Morgan fingerprint density at radius 3 is 2.42 bits per heavy atom. The topological polar surface area (TPSA) is 72.2 Å². The molecule has 4 aromatic rings. The first-order valence-electron chi connectivity index (χ1n) is 7.76. The molecule has 0 spiro atoms. The van der Waals surface area contributed by atoms with E-state index in [4.69, 9.17) is 4.42 Å². The van der Waals surface area contributed by atoms with E-state index < -0.39 is 15.8 Å². The maximum Gasteiger partial charge on any atom is 0.261 e. The zero-order valence-corrected chi connectivity index (χ0v) is 14.2. The van der Waals surface area contributed by atoms with Gasteiger partial charge < -0.3 is 4.42 Å². The Morgan fingerprint density at radius 1 is 0.923 bits per heavy atom. The van der Waals surface area contributed by atoms with Crippen LogP contribution < -0.4 is 4.72 Å². The average molecular weight is 368 g/mol. The second-order valence-electron chi connectivity index (χ2n) is 5.60. The molecule has 1 N–H and O–H groups in total. The van der Waals surface area contributed by atoms with E-state index in [-0.39, 0.29) is 16.3 Å². The minimum absolute atomic E-state index is 0.140. The van der Waals surface area contributed by atoms with Crippen LogP contribution in [-0.4, -0.2) is 13.4 Å². The number of sulfonamides is 1. The van der Waals surface area contributed by atoms with Gasteiger partial charge in [0.05, 0.1) is 16.1 Å². The summed E-state index contributed by atoms with van der Waals surface area (Å²) < 4.78 is 46.8. The zero-order chi connectivity index (χ0) is 18.1. The monoisotopic (exact) mass is 368 g/mol. The van der Waals surface area contributed by atoms with Crippen LogP contribution >= 0.6 is 0 Å². The van der Waals surface area contributed by atoms with Gasteiger partial charge in [0, 0.05) is 0 Å². The van der Waals surface area contributed by atoms with E-state index in [0.717, 1.165) is 0 Å². The summed E-state index contributed by atoms with van der Waals surface area (Å²) in [6, 6.07) is 18.9. The number of aromatic nitrogens is 1. The molecule has 0 saturated carbocycles. The molecule has 130 valence electrons. The third-order valence-corrected chi connectivity index (χ3v) is 5.19. The van der Waals surface area contributed by atoms with Gasteiger partial charge in [0.15, 0.2) is 5.58 Å². The molecule has 0 amide bonds. The van der Waals surface area contributed by atoms with Crippen molar-refractivity contribution in [2.75, 3.05) is 4.72 Å². The highest BCUT2D eigenvalue weighted by molar-refractivity contribution is 7.92. The first-order valence-corrected chi connectivity index (χ1v) is 9.25. The fourth-order valence-electron chi connectivity index (χ4n) is 2.55. The van der Waals surface area contributed by atoms with Crippen LogP contribution in [0.15, 0.2) is 82.1 Å². The standard InChI is InChI=1S/C19H13FN2O3S/c20-16-9-5-4-8-15(16)19-21-17-12-13(10-11-18(17)25-19)22-26(23,24)14-6-2-1-3-7-14/h1-12,22H. The predicted octanol–water partition coefficient (Wildman–Crippen LogP) is 4.43. The molecule has 7 heteroatoms. The van der Waals surface area contributed by atoms with Crippen molar-refractivity contribution in [3.05, 3.63) is 78.6 Å². The quantitative estimate of drug-likeness (QED) is 0.578. The van der Waals surface area contributed by atoms with Crippen LogP contribution in [0.5, 0.6) is 0 Å². The Labute approximate surface area is 149 Å². The smallest absolute Gasteiger partial charge is 0.261 e. The summed E-state index contributed by atoms with van der Waals surface area (Å²) in [4.78, 5) is 4.43. The molecule has 0 saturated heterocycles. The SMILES string of the molecule is O=S(=O)(Nc1ccc2oc(-c3ccccc3F)nc2c1)c1ccccc1. The Morgan fingerprint density at radius 2 is 1.65 bits per heavy atom. The summed E-state index contributed by atoms with van der Waals surface area (Å²) in [6.07, 6.45) is 0. The van der Waals surface area contributed by atoms with Crippen LogP contribution in [0.1, 0.15) is 0 Å². The number of hydrogen-bond donors (Lipinski definition) is 1. The van der Waals surface area contributed by atoms with Gasteiger partial charge in [-0.1, -0.05) is 30.3 Å². The maximum absolute atomic E-state index is 13.9. The molecule has 0 aliphatic heterocycles. The van der Waals surface area contributed by atoms with Gasteiger partial charge in [-0.3, -0.25) is 4.72 Å². The lowest BCUT2D eigenvalue weighted by Gasteiger charge is -2.07. The molecule has 1 heterocycles. The predicted molar refractivity (Wildman–Crippen MR) is 96.7 cm³/mol. The number of fused-ring (bicyclic) bond motifs is 1. The third-order valence-electron chi connectivity index (χ3n) is 3.80. The molecular weight excluding hydrogens is 355 g/mol. The summed E-state index contributed by atoms with van der Waals surface area (Å²) in [5, 5.41) is 0. The summed E-state index contributed by atoms with van der Waals surface area (Å²) in [7, 11) is -3.70. The fraction of sp³-hybridized carbons (Fsp3) is 0. The Hall–Kier alpha value is -3.19. The van der Waals surface area contributed by atoms with E-state index in [0.29, 0.717) is 16.8 Å². The lowest BCUT2D eigenvalue weighted by Crippen LogP contribution is -2.12. The molecule has 4 rings (SSSR count). The molecule has 0 aliphatic carbocycles. The van der Waals surface area contributed by atoms with Gasteiger partial charge in [-0.05, 0) is 42.5 Å². The summed E-state index contributed by atoms with van der Waals surface area (Å²) in [5.74, 6) is -0.301. The van der Waals surface area contributed by atoms with Crippen LogP contribution in [0.3, 0.4) is 0 Å². The molecule has 1 aromatic heterocycles. The van der Waals surface area contributed by atoms with Crippen molar-refractivity contribution in [1.29, 1.82) is 0 Å². The normalized spacial score (nSPS) is 11.6. The summed E-state index contributed by atoms with van der Waals surface area (Å²) >= 11 is 0.